The van der Waals surface area contributed by atoms with Crippen LogP contribution in [0.3, 0.4) is 0 Å². The molecule has 1 aromatic heterocycles. The number of nitriles is 1. The summed E-state index contributed by atoms with van der Waals surface area (Å²) in [6, 6.07) is 7.27. The molecule has 1 saturated carbocycles. The highest BCUT2D eigenvalue weighted by molar-refractivity contribution is 6.31. The number of aryl methyl sites for hydroxylation is 2. The quantitative estimate of drug-likeness (QED) is 0.654. The van der Waals surface area contributed by atoms with Gasteiger partial charge in [-0.1, -0.05) is 23.3 Å². The van der Waals surface area contributed by atoms with Gasteiger partial charge in [-0.3, -0.25) is 14.6 Å². The van der Waals surface area contributed by atoms with E-state index < -0.39 is 0 Å². The molecule has 4 rings (SSSR count). The van der Waals surface area contributed by atoms with Crippen molar-refractivity contribution in [2.45, 2.75) is 46.0 Å². The Morgan fingerprint density at radius 1 is 1.24 bits per heavy atom. The van der Waals surface area contributed by atoms with E-state index in [0.717, 1.165) is 37.1 Å². The third-order valence-electron chi connectivity index (χ3n) is 6.32. The van der Waals surface area contributed by atoms with Crippen LogP contribution in [-0.2, 0) is 4.79 Å². The first-order chi connectivity index (χ1) is 15.8. The van der Waals surface area contributed by atoms with Gasteiger partial charge in [0.1, 0.15) is 6.07 Å². The van der Waals surface area contributed by atoms with Gasteiger partial charge in [-0.15, -0.1) is 0 Å². The molecule has 7 heteroatoms. The van der Waals surface area contributed by atoms with Crippen LogP contribution in [0, 0.1) is 31.1 Å². The molecule has 170 valence electrons. The number of rotatable bonds is 5. The van der Waals surface area contributed by atoms with Gasteiger partial charge >= 0.3 is 0 Å². The molecule has 2 amide bonds. The Hall–Kier alpha value is -3.17. The molecule has 2 aliphatic rings. The van der Waals surface area contributed by atoms with Crippen LogP contribution in [0.5, 0.6) is 0 Å². The molecule has 1 aromatic carbocycles. The molecule has 2 fully saturated rings. The molecular formula is C26H27ClN4O2. The van der Waals surface area contributed by atoms with Crippen LogP contribution >= 0.6 is 11.6 Å². The lowest BCUT2D eigenvalue weighted by atomic mass is 9.98. The predicted octanol–water partition coefficient (Wildman–Crippen LogP) is 5.28. The number of pyridine rings is 1. The summed E-state index contributed by atoms with van der Waals surface area (Å²) < 4.78 is 0. The fourth-order valence-corrected chi connectivity index (χ4v) is 4.40. The highest BCUT2D eigenvalue weighted by atomic mass is 35.5. The highest BCUT2D eigenvalue weighted by Crippen LogP contribution is 2.34. The Bertz CT molecular complexity index is 1170. The maximum absolute atomic E-state index is 12.9. The largest absolute Gasteiger partial charge is 0.342 e. The Kier molecular flexibility index (Phi) is 6.80. The van der Waals surface area contributed by atoms with Gasteiger partial charge in [0.15, 0.2) is 0 Å². The molecule has 1 aliphatic heterocycles. The molecule has 33 heavy (non-hydrogen) atoms. The van der Waals surface area contributed by atoms with E-state index in [9.17, 15) is 14.9 Å². The number of carbonyl (C=O) groups is 2. The molecule has 1 N–H and O–H groups in total. The van der Waals surface area contributed by atoms with Gasteiger partial charge in [0.2, 0.25) is 5.91 Å². The molecule has 0 spiro atoms. The SMILES string of the molecule is Cc1cc(Cl)cc(C=C2CCN(C(=O)CC3CC3)CC2)c1NC(=O)c1cnc(C)c(C#N)c1. The van der Waals surface area contributed by atoms with Gasteiger partial charge < -0.3 is 10.2 Å². The molecule has 0 unspecified atom stereocenters. The minimum Gasteiger partial charge on any atom is -0.342 e. The van der Waals surface area contributed by atoms with Crippen LogP contribution in [0.15, 0.2) is 30.0 Å². The van der Waals surface area contributed by atoms with Gasteiger partial charge in [0, 0.05) is 30.7 Å². The normalized spacial score (nSPS) is 15.7. The van der Waals surface area contributed by atoms with E-state index in [2.05, 4.69) is 22.4 Å². The summed E-state index contributed by atoms with van der Waals surface area (Å²) in [5.41, 5.74) is 4.88. The van der Waals surface area contributed by atoms with Crippen molar-refractivity contribution < 1.29 is 9.59 Å². The Morgan fingerprint density at radius 2 is 1.97 bits per heavy atom. The van der Waals surface area contributed by atoms with E-state index in [0.29, 0.717) is 39.9 Å². The third-order valence-corrected chi connectivity index (χ3v) is 6.54. The number of hydrogen-bond donors (Lipinski definition) is 1. The molecule has 1 saturated heterocycles. The van der Waals surface area contributed by atoms with Crippen LogP contribution in [0.25, 0.3) is 6.08 Å². The third kappa shape index (κ3) is 5.61. The first kappa shape index (κ1) is 23.0. The summed E-state index contributed by atoms with van der Waals surface area (Å²) >= 11 is 6.33. The number of nitrogens with zero attached hydrogens (tertiary/aromatic N) is 3. The Morgan fingerprint density at radius 3 is 2.64 bits per heavy atom. The minimum absolute atomic E-state index is 0.270. The number of likely N-dealkylation sites (tertiary alicyclic amines) is 1. The number of carbonyl (C=O) groups excluding carboxylic acids is 2. The van der Waals surface area contributed by atoms with Crippen LogP contribution < -0.4 is 5.32 Å². The summed E-state index contributed by atoms with van der Waals surface area (Å²) in [7, 11) is 0. The highest BCUT2D eigenvalue weighted by Gasteiger charge is 2.28. The van der Waals surface area contributed by atoms with Gasteiger partial charge in [0.25, 0.3) is 5.91 Å². The van der Waals surface area contributed by atoms with E-state index in [-0.39, 0.29) is 11.8 Å². The van der Waals surface area contributed by atoms with Crippen molar-refractivity contribution in [2.24, 2.45) is 5.92 Å². The second-order valence-electron chi connectivity index (χ2n) is 8.94. The van der Waals surface area contributed by atoms with E-state index in [4.69, 9.17) is 11.6 Å². The minimum atomic E-state index is -0.329. The number of aromatic nitrogens is 1. The lowest BCUT2D eigenvalue weighted by molar-refractivity contribution is -0.132. The zero-order valence-electron chi connectivity index (χ0n) is 18.9. The van der Waals surface area contributed by atoms with E-state index >= 15 is 0 Å². The lowest BCUT2D eigenvalue weighted by Crippen LogP contribution is -2.36. The summed E-state index contributed by atoms with van der Waals surface area (Å²) in [5.74, 6) is 0.541. The molecule has 2 aromatic rings. The van der Waals surface area contributed by atoms with Crippen molar-refractivity contribution in [3.8, 4) is 6.07 Å². The van der Waals surface area contributed by atoms with Crippen molar-refractivity contribution in [3.05, 3.63) is 62.9 Å². The average Bonchev–Trinajstić information content (AvgIpc) is 3.60. The van der Waals surface area contributed by atoms with Crippen molar-refractivity contribution in [1.82, 2.24) is 9.88 Å². The standard InChI is InChI=1S/C26H27ClN4O2/c1-16-9-23(27)13-20(10-19-5-7-31(8-6-19)24(32)11-18-3-4-18)25(16)30-26(33)22-12-21(14-28)17(2)29-15-22/h9-10,12-13,15,18H,3-8,11H2,1-2H3,(H,30,33). The fraction of sp³-hybridized carbons (Fsp3) is 0.385. The van der Waals surface area contributed by atoms with E-state index in [1.165, 1.54) is 24.6 Å². The monoisotopic (exact) mass is 462 g/mol. The maximum atomic E-state index is 12.9. The molecular weight excluding hydrogens is 436 g/mol. The lowest BCUT2D eigenvalue weighted by Gasteiger charge is -2.29. The number of hydrogen-bond acceptors (Lipinski definition) is 4. The smallest absolute Gasteiger partial charge is 0.257 e. The second-order valence-corrected chi connectivity index (χ2v) is 9.38. The molecule has 0 atom stereocenters. The van der Waals surface area contributed by atoms with Crippen LogP contribution in [0.4, 0.5) is 5.69 Å². The summed E-state index contributed by atoms with van der Waals surface area (Å²) in [6.45, 7) is 5.09. The van der Waals surface area contributed by atoms with E-state index in [1.807, 2.05) is 24.0 Å². The zero-order chi connectivity index (χ0) is 23.5. The van der Waals surface area contributed by atoms with E-state index in [1.54, 1.807) is 13.0 Å². The molecule has 6 nitrogen and oxygen atoms in total. The molecule has 1 aliphatic carbocycles. The topological polar surface area (TPSA) is 86.1 Å². The number of anilines is 1. The number of benzene rings is 1. The van der Waals surface area contributed by atoms with Crippen molar-refractivity contribution in [1.29, 1.82) is 5.26 Å². The second kappa shape index (κ2) is 9.76. The van der Waals surface area contributed by atoms with Crippen LogP contribution in [0.2, 0.25) is 5.02 Å². The molecule has 0 bridgehead atoms. The number of piperidine rings is 1. The fourth-order valence-electron chi connectivity index (χ4n) is 4.12. The van der Waals surface area contributed by atoms with Crippen molar-refractivity contribution in [2.75, 3.05) is 18.4 Å². The predicted molar refractivity (Wildman–Crippen MR) is 129 cm³/mol. The first-order valence-electron chi connectivity index (χ1n) is 11.3. The van der Waals surface area contributed by atoms with Gasteiger partial charge in [-0.25, -0.2) is 0 Å². The van der Waals surface area contributed by atoms with Crippen LogP contribution in [0.1, 0.15) is 64.8 Å². The molecule has 0 radical (unpaired) electrons. The van der Waals surface area contributed by atoms with Gasteiger partial charge in [-0.2, -0.15) is 5.26 Å². The van der Waals surface area contributed by atoms with Gasteiger partial charge in [-0.05, 0) is 74.8 Å². The number of amides is 2. The maximum Gasteiger partial charge on any atom is 0.257 e. The summed E-state index contributed by atoms with van der Waals surface area (Å²) in [6.07, 6.45) is 8.22. The average molecular weight is 463 g/mol. The van der Waals surface area contributed by atoms with Crippen LogP contribution in [-0.4, -0.2) is 34.8 Å². The summed E-state index contributed by atoms with van der Waals surface area (Å²) in [4.78, 5) is 31.5. The Labute approximate surface area is 199 Å². The molecule has 2 heterocycles. The number of halogens is 1. The Balaban J connectivity index is 1.52. The first-order valence-corrected chi connectivity index (χ1v) is 11.7. The van der Waals surface area contributed by atoms with Gasteiger partial charge in [0.05, 0.1) is 22.5 Å². The zero-order valence-corrected chi connectivity index (χ0v) is 19.7. The van der Waals surface area contributed by atoms with Crippen molar-refractivity contribution in [3.63, 3.8) is 0 Å². The number of nitrogens with one attached hydrogen (secondary N) is 1. The van der Waals surface area contributed by atoms with Crippen molar-refractivity contribution >= 4 is 35.2 Å². The summed E-state index contributed by atoms with van der Waals surface area (Å²) in [5, 5.41) is 12.8.